The standard InChI is InChI=1S/C13H14ClN3O/c1-8-4-5-11(10(14)6-8)18-13-7-12(15-3)16-9(2)17-13/h4-7H,1-3H3,(H,15,16,17). The minimum Gasteiger partial charge on any atom is -0.437 e. The van der Waals surface area contributed by atoms with Crippen molar-refractivity contribution in [1.82, 2.24) is 9.97 Å². The molecule has 1 N–H and O–H groups in total. The Morgan fingerprint density at radius 1 is 1.17 bits per heavy atom. The monoisotopic (exact) mass is 263 g/mol. The Bertz CT molecular complexity index is 572. The van der Waals surface area contributed by atoms with Crippen molar-refractivity contribution in [3.63, 3.8) is 0 Å². The maximum Gasteiger partial charge on any atom is 0.224 e. The summed E-state index contributed by atoms with van der Waals surface area (Å²) >= 11 is 6.11. The number of nitrogens with one attached hydrogen (secondary N) is 1. The summed E-state index contributed by atoms with van der Waals surface area (Å²) in [4.78, 5) is 8.40. The number of ether oxygens (including phenoxy) is 1. The molecule has 5 heteroatoms. The van der Waals surface area contributed by atoms with Gasteiger partial charge in [-0.3, -0.25) is 0 Å². The van der Waals surface area contributed by atoms with Crippen LogP contribution in [0.25, 0.3) is 0 Å². The van der Waals surface area contributed by atoms with Crippen molar-refractivity contribution in [2.45, 2.75) is 13.8 Å². The third-order valence-corrected chi connectivity index (χ3v) is 2.67. The van der Waals surface area contributed by atoms with E-state index in [9.17, 15) is 0 Å². The fraction of sp³-hybridized carbons (Fsp3) is 0.231. The molecule has 0 atom stereocenters. The van der Waals surface area contributed by atoms with Gasteiger partial charge in [-0.1, -0.05) is 17.7 Å². The van der Waals surface area contributed by atoms with E-state index in [1.165, 1.54) is 0 Å². The molecule has 0 unspecified atom stereocenters. The molecule has 0 aliphatic heterocycles. The molecule has 2 aromatic rings. The lowest BCUT2D eigenvalue weighted by Gasteiger charge is -2.09. The molecule has 4 nitrogen and oxygen atoms in total. The van der Waals surface area contributed by atoms with Crippen LogP contribution in [0.4, 0.5) is 5.82 Å². The maximum atomic E-state index is 6.11. The van der Waals surface area contributed by atoms with Crippen LogP contribution in [0.2, 0.25) is 5.02 Å². The molecule has 18 heavy (non-hydrogen) atoms. The number of halogens is 1. The average Bonchev–Trinajstić information content (AvgIpc) is 2.32. The summed E-state index contributed by atoms with van der Waals surface area (Å²) in [6, 6.07) is 7.34. The summed E-state index contributed by atoms with van der Waals surface area (Å²) in [5.74, 6) is 2.40. The molecule has 1 heterocycles. The fourth-order valence-electron chi connectivity index (χ4n) is 1.52. The van der Waals surface area contributed by atoms with Gasteiger partial charge in [0.2, 0.25) is 5.88 Å². The van der Waals surface area contributed by atoms with Gasteiger partial charge in [-0.15, -0.1) is 0 Å². The predicted molar refractivity (Wildman–Crippen MR) is 72.6 cm³/mol. The lowest BCUT2D eigenvalue weighted by molar-refractivity contribution is 0.460. The minimum absolute atomic E-state index is 0.470. The first-order chi connectivity index (χ1) is 8.58. The second-order valence-corrected chi connectivity index (χ2v) is 4.33. The third-order valence-electron chi connectivity index (χ3n) is 2.37. The van der Waals surface area contributed by atoms with Gasteiger partial charge in [0, 0.05) is 13.1 Å². The van der Waals surface area contributed by atoms with Crippen LogP contribution < -0.4 is 10.1 Å². The number of aryl methyl sites for hydroxylation is 2. The van der Waals surface area contributed by atoms with Gasteiger partial charge in [0.25, 0.3) is 0 Å². The van der Waals surface area contributed by atoms with Gasteiger partial charge in [0.1, 0.15) is 17.4 Å². The smallest absolute Gasteiger partial charge is 0.224 e. The van der Waals surface area contributed by atoms with Crippen molar-refractivity contribution in [3.05, 3.63) is 40.7 Å². The lowest BCUT2D eigenvalue weighted by Crippen LogP contribution is -1.98. The molecule has 0 aliphatic rings. The number of benzene rings is 1. The fourth-order valence-corrected chi connectivity index (χ4v) is 1.80. The van der Waals surface area contributed by atoms with E-state index in [1.807, 2.05) is 32.0 Å². The van der Waals surface area contributed by atoms with Gasteiger partial charge in [-0.25, -0.2) is 4.98 Å². The largest absolute Gasteiger partial charge is 0.437 e. The average molecular weight is 264 g/mol. The van der Waals surface area contributed by atoms with Crippen molar-refractivity contribution in [2.75, 3.05) is 12.4 Å². The van der Waals surface area contributed by atoms with Gasteiger partial charge in [0.15, 0.2) is 0 Å². The molecule has 94 valence electrons. The molecule has 0 fully saturated rings. The molecule has 1 aromatic heterocycles. The second-order valence-electron chi connectivity index (χ2n) is 3.92. The quantitative estimate of drug-likeness (QED) is 0.919. The molecule has 0 saturated heterocycles. The third kappa shape index (κ3) is 2.90. The number of rotatable bonds is 3. The van der Waals surface area contributed by atoms with Crippen LogP contribution in [-0.4, -0.2) is 17.0 Å². The molecule has 0 saturated carbocycles. The van der Waals surface area contributed by atoms with E-state index in [4.69, 9.17) is 16.3 Å². The Kier molecular flexibility index (Phi) is 3.67. The summed E-state index contributed by atoms with van der Waals surface area (Å²) in [6.07, 6.45) is 0. The van der Waals surface area contributed by atoms with E-state index in [2.05, 4.69) is 15.3 Å². The summed E-state index contributed by atoms with van der Waals surface area (Å²) in [5, 5.41) is 3.52. The number of hydrogen-bond acceptors (Lipinski definition) is 4. The molecule has 1 aromatic carbocycles. The van der Waals surface area contributed by atoms with Crippen LogP contribution in [0.5, 0.6) is 11.6 Å². The highest BCUT2D eigenvalue weighted by atomic mass is 35.5. The van der Waals surface area contributed by atoms with Crippen LogP contribution in [0.1, 0.15) is 11.4 Å². The van der Waals surface area contributed by atoms with Crippen LogP contribution in [0, 0.1) is 13.8 Å². The van der Waals surface area contributed by atoms with E-state index in [0.717, 1.165) is 5.56 Å². The molecular weight excluding hydrogens is 250 g/mol. The molecule has 0 spiro atoms. The van der Waals surface area contributed by atoms with Gasteiger partial charge < -0.3 is 10.1 Å². The van der Waals surface area contributed by atoms with Crippen molar-refractivity contribution in [3.8, 4) is 11.6 Å². The summed E-state index contributed by atoms with van der Waals surface area (Å²) in [6.45, 7) is 3.79. The molecule has 0 amide bonds. The second kappa shape index (κ2) is 5.23. The summed E-state index contributed by atoms with van der Waals surface area (Å²) < 4.78 is 5.66. The highest BCUT2D eigenvalue weighted by Crippen LogP contribution is 2.29. The first kappa shape index (κ1) is 12.6. The molecular formula is C13H14ClN3O. The first-order valence-electron chi connectivity index (χ1n) is 5.56. The Morgan fingerprint density at radius 3 is 2.61 bits per heavy atom. The predicted octanol–water partition coefficient (Wildman–Crippen LogP) is 3.58. The van der Waals surface area contributed by atoms with E-state index < -0.39 is 0 Å². The number of anilines is 1. The van der Waals surface area contributed by atoms with Crippen LogP contribution >= 0.6 is 11.6 Å². The first-order valence-corrected chi connectivity index (χ1v) is 5.94. The zero-order chi connectivity index (χ0) is 13.1. The normalized spacial score (nSPS) is 10.2. The van der Waals surface area contributed by atoms with Crippen molar-refractivity contribution in [2.24, 2.45) is 0 Å². The van der Waals surface area contributed by atoms with Crippen LogP contribution in [-0.2, 0) is 0 Å². The van der Waals surface area contributed by atoms with Crippen molar-refractivity contribution < 1.29 is 4.74 Å². The van der Waals surface area contributed by atoms with E-state index in [1.54, 1.807) is 13.1 Å². The molecule has 2 rings (SSSR count). The highest BCUT2D eigenvalue weighted by Gasteiger charge is 2.06. The van der Waals surface area contributed by atoms with Crippen LogP contribution in [0.15, 0.2) is 24.3 Å². The topological polar surface area (TPSA) is 47.0 Å². The Balaban J connectivity index is 2.30. The van der Waals surface area contributed by atoms with Gasteiger partial charge in [0.05, 0.1) is 5.02 Å². The Labute approximate surface area is 111 Å². The summed E-state index contributed by atoms with van der Waals surface area (Å²) in [5.41, 5.74) is 1.09. The Morgan fingerprint density at radius 2 is 1.94 bits per heavy atom. The Hall–Kier alpha value is -1.81. The number of aromatic nitrogens is 2. The molecule has 0 radical (unpaired) electrons. The zero-order valence-electron chi connectivity index (χ0n) is 10.5. The number of nitrogens with zero attached hydrogens (tertiary/aromatic N) is 2. The minimum atomic E-state index is 0.470. The summed E-state index contributed by atoms with van der Waals surface area (Å²) in [7, 11) is 1.80. The zero-order valence-corrected chi connectivity index (χ0v) is 11.2. The highest BCUT2D eigenvalue weighted by molar-refractivity contribution is 6.32. The van der Waals surface area contributed by atoms with Crippen LogP contribution in [0.3, 0.4) is 0 Å². The van der Waals surface area contributed by atoms with Gasteiger partial charge in [-0.05, 0) is 31.5 Å². The maximum absolute atomic E-state index is 6.11. The van der Waals surface area contributed by atoms with Gasteiger partial charge in [-0.2, -0.15) is 4.98 Å². The van der Waals surface area contributed by atoms with E-state index in [0.29, 0.717) is 28.3 Å². The van der Waals surface area contributed by atoms with Crippen molar-refractivity contribution >= 4 is 17.4 Å². The van der Waals surface area contributed by atoms with Gasteiger partial charge >= 0.3 is 0 Å². The van der Waals surface area contributed by atoms with E-state index >= 15 is 0 Å². The molecule has 0 bridgehead atoms. The molecule has 0 aliphatic carbocycles. The van der Waals surface area contributed by atoms with E-state index in [-0.39, 0.29) is 0 Å². The SMILES string of the molecule is CNc1cc(Oc2ccc(C)cc2Cl)nc(C)n1. The number of hydrogen-bond donors (Lipinski definition) is 1. The van der Waals surface area contributed by atoms with Crippen molar-refractivity contribution in [1.29, 1.82) is 0 Å². The lowest BCUT2D eigenvalue weighted by atomic mass is 10.2.